The van der Waals surface area contributed by atoms with Crippen molar-refractivity contribution in [3.05, 3.63) is 65.7 Å². The molecule has 180 valence electrons. The molecule has 0 aromatic heterocycles. The van der Waals surface area contributed by atoms with Crippen molar-refractivity contribution in [1.29, 1.82) is 0 Å². The van der Waals surface area contributed by atoms with Crippen molar-refractivity contribution in [3.8, 4) is 0 Å². The van der Waals surface area contributed by atoms with Crippen LogP contribution >= 0.6 is 0 Å². The van der Waals surface area contributed by atoms with Gasteiger partial charge in [0.25, 0.3) is 0 Å². The van der Waals surface area contributed by atoms with Crippen LogP contribution in [0.15, 0.2) is 54.6 Å². The molecule has 0 bridgehead atoms. The first-order chi connectivity index (χ1) is 15.7. The topological polar surface area (TPSA) is 86.8 Å². The minimum Gasteiger partial charge on any atom is -0.382 e. The van der Waals surface area contributed by atoms with Gasteiger partial charge in [-0.25, -0.2) is 21.1 Å². The second-order valence-electron chi connectivity index (χ2n) is 9.05. The quantitative estimate of drug-likeness (QED) is 0.668. The average molecular weight is 492 g/mol. The minimum absolute atomic E-state index is 0.228. The predicted octanol–water partition coefficient (Wildman–Crippen LogP) is 3.58. The number of anilines is 1. The predicted molar refractivity (Wildman–Crippen MR) is 132 cm³/mol. The zero-order chi connectivity index (χ0) is 23.5. The van der Waals surface area contributed by atoms with Crippen molar-refractivity contribution in [2.24, 2.45) is 0 Å². The molecule has 0 aliphatic carbocycles. The van der Waals surface area contributed by atoms with Crippen LogP contribution in [0.3, 0.4) is 0 Å². The maximum Gasteiger partial charge on any atom is 0.221 e. The second-order valence-corrected chi connectivity index (χ2v) is 13.1. The molecular formula is C24H33N3O4S2. The van der Waals surface area contributed by atoms with Gasteiger partial charge in [0.05, 0.1) is 6.26 Å². The highest BCUT2D eigenvalue weighted by Gasteiger charge is 2.35. The van der Waals surface area contributed by atoms with Gasteiger partial charge in [0.1, 0.15) is 5.25 Å². The van der Waals surface area contributed by atoms with Crippen molar-refractivity contribution >= 4 is 25.7 Å². The Kier molecular flexibility index (Phi) is 7.43. The molecule has 2 aliphatic heterocycles. The molecular weight excluding hydrogens is 458 g/mol. The first kappa shape index (κ1) is 24.2. The lowest BCUT2D eigenvalue weighted by Gasteiger charge is -2.31. The molecule has 2 aliphatic rings. The molecule has 33 heavy (non-hydrogen) atoms. The van der Waals surface area contributed by atoms with E-state index in [1.165, 1.54) is 10.6 Å². The molecule has 2 aromatic rings. The molecule has 0 spiro atoms. The van der Waals surface area contributed by atoms with E-state index in [4.69, 9.17) is 0 Å². The van der Waals surface area contributed by atoms with E-state index in [0.29, 0.717) is 32.6 Å². The summed E-state index contributed by atoms with van der Waals surface area (Å²) in [5.41, 5.74) is 2.80. The molecule has 2 saturated heterocycles. The summed E-state index contributed by atoms with van der Waals surface area (Å²) in [6.07, 6.45) is 5.21. The van der Waals surface area contributed by atoms with Gasteiger partial charge in [-0.05, 0) is 48.9 Å². The molecule has 1 atom stereocenters. The van der Waals surface area contributed by atoms with Crippen molar-refractivity contribution in [2.45, 2.75) is 49.9 Å². The summed E-state index contributed by atoms with van der Waals surface area (Å²) >= 11 is 0. The van der Waals surface area contributed by atoms with E-state index < -0.39 is 25.3 Å². The zero-order valence-electron chi connectivity index (χ0n) is 19.1. The summed E-state index contributed by atoms with van der Waals surface area (Å²) in [5, 5.41) is 3.00. The molecule has 0 amide bonds. The Hall–Kier alpha value is -1.94. The van der Waals surface area contributed by atoms with Crippen molar-refractivity contribution in [1.82, 2.24) is 8.61 Å². The highest BCUT2D eigenvalue weighted by Crippen LogP contribution is 2.34. The van der Waals surface area contributed by atoms with Crippen LogP contribution in [0.25, 0.3) is 0 Å². The summed E-state index contributed by atoms with van der Waals surface area (Å²) in [5.74, 6) is 0. The SMILES string of the molecule is CS(=O)(=O)N1CCC(Nc2ccc(CN3CCCCC(c4ccccc4)S3(=O)=O)cc2)CC1. The fourth-order valence-electron chi connectivity index (χ4n) is 4.73. The third-order valence-electron chi connectivity index (χ3n) is 6.62. The summed E-state index contributed by atoms with van der Waals surface area (Å²) in [7, 11) is -6.56. The van der Waals surface area contributed by atoms with E-state index in [0.717, 1.165) is 42.5 Å². The van der Waals surface area contributed by atoms with Gasteiger partial charge >= 0.3 is 0 Å². The maximum absolute atomic E-state index is 13.4. The van der Waals surface area contributed by atoms with Crippen molar-refractivity contribution in [3.63, 3.8) is 0 Å². The van der Waals surface area contributed by atoms with Crippen LogP contribution in [0.5, 0.6) is 0 Å². The molecule has 1 unspecified atom stereocenters. The molecule has 0 radical (unpaired) electrons. The molecule has 2 fully saturated rings. The number of nitrogens with zero attached hydrogens (tertiary/aromatic N) is 2. The molecule has 0 saturated carbocycles. The number of hydrogen-bond acceptors (Lipinski definition) is 5. The number of rotatable bonds is 6. The van der Waals surface area contributed by atoms with E-state index in [1.54, 1.807) is 4.31 Å². The zero-order valence-corrected chi connectivity index (χ0v) is 20.7. The van der Waals surface area contributed by atoms with Crippen LogP contribution in [0.1, 0.15) is 48.5 Å². The number of benzene rings is 2. The van der Waals surface area contributed by atoms with Gasteiger partial charge in [-0.2, -0.15) is 4.31 Å². The smallest absolute Gasteiger partial charge is 0.221 e. The van der Waals surface area contributed by atoms with Crippen LogP contribution in [-0.4, -0.2) is 57.4 Å². The molecule has 9 heteroatoms. The lowest BCUT2D eigenvalue weighted by atomic mass is 10.1. The first-order valence-corrected chi connectivity index (χ1v) is 14.9. The van der Waals surface area contributed by atoms with Gasteiger partial charge in [-0.3, -0.25) is 0 Å². The van der Waals surface area contributed by atoms with Crippen LogP contribution in [0.4, 0.5) is 5.69 Å². The summed E-state index contributed by atoms with van der Waals surface area (Å²) in [4.78, 5) is 0. The van der Waals surface area contributed by atoms with Gasteiger partial charge in [0, 0.05) is 37.9 Å². The Balaban J connectivity index is 1.39. The largest absolute Gasteiger partial charge is 0.382 e. The van der Waals surface area contributed by atoms with E-state index in [-0.39, 0.29) is 6.04 Å². The number of hydrogen-bond donors (Lipinski definition) is 1. The Bertz CT molecular complexity index is 1130. The number of sulfonamides is 2. The minimum atomic E-state index is -3.44. The lowest BCUT2D eigenvalue weighted by molar-refractivity contribution is 0.332. The standard InChI is InChI=1S/C24H33N3O4S2/c1-32(28,29)26-17-14-23(15-18-26)25-22-12-10-20(11-13-22)19-27-16-6-5-9-24(33(27,30)31)21-7-3-2-4-8-21/h2-4,7-8,10-13,23-25H,5-6,9,14-19H2,1H3. The maximum atomic E-state index is 13.4. The molecule has 1 N–H and O–H groups in total. The Morgan fingerprint density at radius 3 is 2.21 bits per heavy atom. The Labute approximate surface area is 197 Å². The summed E-state index contributed by atoms with van der Waals surface area (Å²) in [6, 6.07) is 17.7. The summed E-state index contributed by atoms with van der Waals surface area (Å²) < 4.78 is 53.4. The average Bonchev–Trinajstić information content (AvgIpc) is 2.93. The molecule has 7 nitrogen and oxygen atoms in total. The fraction of sp³-hybridized carbons (Fsp3) is 0.500. The first-order valence-electron chi connectivity index (χ1n) is 11.6. The second kappa shape index (κ2) is 10.1. The Morgan fingerprint density at radius 2 is 1.58 bits per heavy atom. The van der Waals surface area contributed by atoms with Crippen molar-refractivity contribution in [2.75, 3.05) is 31.2 Å². The van der Waals surface area contributed by atoms with Gasteiger partial charge in [0.2, 0.25) is 20.0 Å². The monoisotopic (exact) mass is 491 g/mol. The number of nitrogens with one attached hydrogen (secondary N) is 1. The van der Waals surface area contributed by atoms with E-state index in [9.17, 15) is 16.8 Å². The highest BCUT2D eigenvalue weighted by atomic mass is 32.2. The van der Waals surface area contributed by atoms with Crippen LogP contribution in [-0.2, 0) is 26.6 Å². The van der Waals surface area contributed by atoms with Gasteiger partial charge in [-0.15, -0.1) is 0 Å². The van der Waals surface area contributed by atoms with Crippen molar-refractivity contribution < 1.29 is 16.8 Å². The molecule has 2 heterocycles. The lowest BCUT2D eigenvalue weighted by Crippen LogP contribution is -2.41. The molecule has 4 rings (SSSR count). The highest BCUT2D eigenvalue weighted by molar-refractivity contribution is 7.89. The van der Waals surface area contributed by atoms with E-state index in [1.807, 2.05) is 54.6 Å². The fourth-order valence-corrected chi connectivity index (χ4v) is 7.64. The third kappa shape index (κ3) is 5.95. The van der Waals surface area contributed by atoms with Crippen LogP contribution < -0.4 is 5.32 Å². The van der Waals surface area contributed by atoms with Gasteiger partial charge in [0.15, 0.2) is 0 Å². The normalized spacial score (nSPS) is 23.1. The van der Waals surface area contributed by atoms with Crippen LogP contribution in [0.2, 0.25) is 0 Å². The van der Waals surface area contributed by atoms with Gasteiger partial charge in [-0.1, -0.05) is 48.9 Å². The number of piperidine rings is 1. The van der Waals surface area contributed by atoms with Gasteiger partial charge < -0.3 is 5.32 Å². The third-order valence-corrected chi connectivity index (χ3v) is 10.2. The van der Waals surface area contributed by atoms with Crippen LogP contribution in [0, 0.1) is 0 Å². The van der Waals surface area contributed by atoms with E-state index >= 15 is 0 Å². The molecule has 2 aromatic carbocycles. The van der Waals surface area contributed by atoms with E-state index in [2.05, 4.69) is 5.32 Å². The Morgan fingerprint density at radius 1 is 0.909 bits per heavy atom. The summed E-state index contributed by atoms with van der Waals surface area (Å²) in [6.45, 7) is 1.98.